The van der Waals surface area contributed by atoms with E-state index in [-0.39, 0.29) is 24.2 Å². The summed E-state index contributed by atoms with van der Waals surface area (Å²) in [6.45, 7) is 2.97. The molecule has 8 heteroatoms. The fourth-order valence-corrected chi connectivity index (χ4v) is 4.19. The maximum absolute atomic E-state index is 13.4. The van der Waals surface area contributed by atoms with Crippen LogP contribution in [-0.4, -0.2) is 43.5 Å². The van der Waals surface area contributed by atoms with Crippen molar-refractivity contribution in [2.24, 2.45) is 0 Å². The van der Waals surface area contributed by atoms with E-state index in [0.29, 0.717) is 16.8 Å². The Morgan fingerprint density at radius 2 is 2.03 bits per heavy atom. The van der Waals surface area contributed by atoms with Crippen LogP contribution in [0.5, 0.6) is 0 Å². The minimum Gasteiger partial charge on any atom is -0.348 e. The monoisotopic (exact) mass is 430 g/mol. The van der Waals surface area contributed by atoms with Gasteiger partial charge in [0.1, 0.15) is 11.6 Å². The summed E-state index contributed by atoms with van der Waals surface area (Å²) in [7, 11) is 0. The zero-order chi connectivity index (χ0) is 21.9. The van der Waals surface area contributed by atoms with Gasteiger partial charge in [0.15, 0.2) is 5.65 Å². The van der Waals surface area contributed by atoms with E-state index in [1.54, 1.807) is 36.7 Å². The lowest BCUT2D eigenvalue weighted by Crippen LogP contribution is -2.23. The normalized spacial score (nSPS) is 16.5. The van der Waals surface area contributed by atoms with E-state index in [9.17, 15) is 9.18 Å². The molecule has 3 aromatic heterocycles. The Bertz CT molecular complexity index is 1240. The van der Waals surface area contributed by atoms with Gasteiger partial charge in [0.2, 0.25) is 0 Å². The number of carbonyl (C=O) groups is 1. The van der Waals surface area contributed by atoms with E-state index < -0.39 is 0 Å². The second-order valence-corrected chi connectivity index (χ2v) is 8.10. The highest BCUT2D eigenvalue weighted by Crippen LogP contribution is 2.27. The maximum Gasteiger partial charge on any atom is 0.253 e. The molecule has 1 unspecified atom stereocenters. The minimum atomic E-state index is -0.318. The molecule has 0 bridgehead atoms. The smallest absolute Gasteiger partial charge is 0.253 e. The third-order valence-corrected chi connectivity index (χ3v) is 5.80. The zero-order valence-electron chi connectivity index (χ0n) is 17.5. The van der Waals surface area contributed by atoms with Gasteiger partial charge in [0.25, 0.3) is 5.91 Å². The lowest BCUT2D eigenvalue weighted by molar-refractivity contribution is 0.0950. The van der Waals surface area contributed by atoms with E-state index in [0.717, 1.165) is 31.9 Å². The number of fused-ring (bicyclic) bond motifs is 1. The van der Waals surface area contributed by atoms with Gasteiger partial charge in [-0.25, -0.2) is 4.39 Å². The van der Waals surface area contributed by atoms with Crippen LogP contribution in [0.2, 0.25) is 0 Å². The summed E-state index contributed by atoms with van der Waals surface area (Å²) in [5.74, 6) is 0.572. The molecule has 1 aromatic carbocycles. The van der Waals surface area contributed by atoms with Crippen LogP contribution < -0.4 is 5.32 Å². The molecule has 1 atom stereocenters. The van der Waals surface area contributed by atoms with Crippen molar-refractivity contribution >= 4 is 11.6 Å². The molecule has 1 aliphatic heterocycles. The highest BCUT2D eigenvalue weighted by molar-refractivity contribution is 5.94. The second-order valence-electron chi connectivity index (χ2n) is 8.10. The maximum atomic E-state index is 13.4. The summed E-state index contributed by atoms with van der Waals surface area (Å²) in [6.07, 6.45) is 6.45. The van der Waals surface area contributed by atoms with Gasteiger partial charge in [-0.15, -0.1) is 10.2 Å². The average Bonchev–Trinajstić information content (AvgIpc) is 3.44. The first kappa shape index (κ1) is 20.3. The van der Waals surface area contributed by atoms with Gasteiger partial charge >= 0.3 is 0 Å². The molecule has 0 radical (unpaired) electrons. The van der Waals surface area contributed by atoms with Gasteiger partial charge in [0, 0.05) is 44.1 Å². The third kappa shape index (κ3) is 4.36. The summed E-state index contributed by atoms with van der Waals surface area (Å²) >= 11 is 0. The molecule has 0 saturated carbocycles. The topological polar surface area (TPSA) is 75.4 Å². The molecule has 5 rings (SSSR count). The lowest BCUT2D eigenvalue weighted by Gasteiger charge is -2.15. The number of amides is 1. The Kier molecular flexibility index (Phi) is 5.60. The molecule has 1 fully saturated rings. The van der Waals surface area contributed by atoms with Gasteiger partial charge in [-0.3, -0.25) is 19.1 Å². The molecule has 7 nitrogen and oxygen atoms in total. The highest BCUT2D eigenvalue weighted by Gasteiger charge is 2.28. The minimum absolute atomic E-state index is 0.222. The quantitative estimate of drug-likeness (QED) is 0.509. The Labute approximate surface area is 184 Å². The number of nitrogens with one attached hydrogen (secondary N) is 1. The van der Waals surface area contributed by atoms with Crippen molar-refractivity contribution in [2.45, 2.75) is 25.4 Å². The first-order valence-corrected chi connectivity index (χ1v) is 10.6. The Morgan fingerprint density at radius 3 is 2.88 bits per heavy atom. The first-order chi connectivity index (χ1) is 15.7. The number of aromatic nitrogens is 4. The van der Waals surface area contributed by atoms with Crippen LogP contribution in [0.25, 0.3) is 5.65 Å². The number of benzene rings is 1. The SMILES string of the molecule is O=C(NCc1cccc(F)c1)c1ccc2nnc(C3CCN(Cc4cccnc4)C3)n2c1. The van der Waals surface area contributed by atoms with Gasteiger partial charge in [-0.05, 0) is 54.4 Å². The number of pyridine rings is 2. The summed E-state index contributed by atoms with van der Waals surface area (Å²) in [5, 5.41) is 11.6. The summed E-state index contributed by atoms with van der Waals surface area (Å²) < 4.78 is 15.3. The van der Waals surface area contributed by atoms with Crippen LogP contribution in [0.15, 0.2) is 67.1 Å². The van der Waals surface area contributed by atoms with Crippen LogP contribution >= 0.6 is 0 Å². The number of carbonyl (C=O) groups excluding carboxylic acids is 1. The predicted molar refractivity (Wildman–Crippen MR) is 117 cm³/mol. The van der Waals surface area contributed by atoms with Gasteiger partial charge in [-0.2, -0.15) is 0 Å². The van der Waals surface area contributed by atoms with E-state index >= 15 is 0 Å². The Balaban J connectivity index is 1.29. The van der Waals surface area contributed by atoms with Crippen LogP contribution in [0.4, 0.5) is 4.39 Å². The molecule has 1 saturated heterocycles. The number of halogens is 1. The fourth-order valence-electron chi connectivity index (χ4n) is 4.19. The Hall–Kier alpha value is -3.65. The standard InChI is InChI=1S/C24H23FN6O/c25-21-5-1-3-17(11-21)13-27-24(32)20-6-7-22-28-29-23(31(22)16-20)19-8-10-30(15-19)14-18-4-2-9-26-12-18/h1-7,9,11-12,16,19H,8,10,13-15H2,(H,27,32). The molecule has 1 amide bonds. The largest absolute Gasteiger partial charge is 0.348 e. The van der Waals surface area contributed by atoms with Crippen molar-refractivity contribution in [1.29, 1.82) is 0 Å². The number of hydrogen-bond donors (Lipinski definition) is 1. The number of hydrogen-bond acceptors (Lipinski definition) is 5. The van der Waals surface area contributed by atoms with E-state index in [1.165, 1.54) is 17.7 Å². The molecule has 4 heterocycles. The second kappa shape index (κ2) is 8.84. The predicted octanol–water partition coefficient (Wildman–Crippen LogP) is 3.18. The van der Waals surface area contributed by atoms with Crippen molar-refractivity contribution in [3.63, 3.8) is 0 Å². The average molecular weight is 430 g/mol. The van der Waals surface area contributed by atoms with Crippen LogP contribution in [0, 0.1) is 5.82 Å². The molecule has 1 N–H and O–H groups in total. The van der Waals surface area contributed by atoms with Gasteiger partial charge < -0.3 is 5.32 Å². The molecule has 1 aliphatic rings. The van der Waals surface area contributed by atoms with Gasteiger partial charge in [-0.1, -0.05) is 18.2 Å². The molecule has 0 aliphatic carbocycles. The first-order valence-electron chi connectivity index (χ1n) is 10.6. The fraction of sp³-hybridized carbons (Fsp3) is 0.250. The van der Waals surface area contributed by atoms with Crippen LogP contribution in [0.1, 0.15) is 39.6 Å². The van der Waals surface area contributed by atoms with Crippen LogP contribution in [-0.2, 0) is 13.1 Å². The number of nitrogens with zero attached hydrogens (tertiary/aromatic N) is 5. The summed E-state index contributed by atoms with van der Waals surface area (Å²) in [4.78, 5) is 19.3. The van der Waals surface area contributed by atoms with Crippen molar-refractivity contribution in [3.8, 4) is 0 Å². The van der Waals surface area contributed by atoms with E-state index in [1.807, 2.05) is 16.7 Å². The number of likely N-dealkylation sites (tertiary alicyclic amines) is 1. The molecular formula is C24H23FN6O. The third-order valence-electron chi connectivity index (χ3n) is 5.80. The zero-order valence-corrected chi connectivity index (χ0v) is 17.5. The molecular weight excluding hydrogens is 407 g/mol. The highest BCUT2D eigenvalue weighted by atomic mass is 19.1. The molecule has 162 valence electrons. The van der Waals surface area contributed by atoms with E-state index in [2.05, 4.69) is 31.5 Å². The van der Waals surface area contributed by atoms with Crippen molar-refractivity contribution < 1.29 is 9.18 Å². The van der Waals surface area contributed by atoms with Crippen molar-refractivity contribution in [2.75, 3.05) is 13.1 Å². The van der Waals surface area contributed by atoms with E-state index in [4.69, 9.17) is 0 Å². The molecule has 0 spiro atoms. The number of rotatable bonds is 6. The molecule has 32 heavy (non-hydrogen) atoms. The molecule has 4 aromatic rings. The van der Waals surface area contributed by atoms with Crippen molar-refractivity contribution in [3.05, 3.63) is 95.5 Å². The summed E-state index contributed by atoms with van der Waals surface area (Å²) in [6, 6.07) is 13.8. The Morgan fingerprint density at radius 1 is 1.12 bits per heavy atom. The van der Waals surface area contributed by atoms with Gasteiger partial charge in [0.05, 0.1) is 5.56 Å². The van der Waals surface area contributed by atoms with Crippen LogP contribution in [0.3, 0.4) is 0 Å². The lowest BCUT2D eigenvalue weighted by atomic mass is 10.1. The van der Waals surface area contributed by atoms with Crippen molar-refractivity contribution in [1.82, 2.24) is 29.8 Å². The summed E-state index contributed by atoms with van der Waals surface area (Å²) in [5.41, 5.74) is 3.13.